The fraction of sp³-hybridized carbons (Fsp3) is 0.345. The molecule has 1 aliphatic rings. The van der Waals surface area contributed by atoms with Crippen LogP contribution in [0.3, 0.4) is 0 Å². The molecule has 1 N–H and O–H groups in total. The Morgan fingerprint density at radius 2 is 1.97 bits per heavy atom. The highest BCUT2D eigenvalue weighted by Crippen LogP contribution is 2.39. The van der Waals surface area contributed by atoms with E-state index in [0.717, 1.165) is 41.7 Å². The number of nitrogens with one attached hydrogen (secondary N) is 1. The van der Waals surface area contributed by atoms with Gasteiger partial charge in [0.25, 0.3) is 5.91 Å². The van der Waals surface area contributed by atoms with Gasteiger partial charge >= 0.3 is 6.18 Å². The zero-order valence-electron chi connectivity index (χ0n) is 20.7. The van der Waals surface area contributed by atoms with E-state index in [2.05, 4.69) is 24.9 Å². The van der Waals surface area contributed by atoms with E-state index in [9.17, 15) is 18.0 Å². The van der Waals surface area contributed by atoms with Gasteiger partial charge in [0.1, 0.15) is 0 Å². The quantitative estimate of drug-likeness (QED) is 0.260. The van der Waals surface area contributed by atoms with Gasteiger partial charge in [0.2, 0.25) is 0 Å². The summed E-state index contributed by atoms with van der Waals surface area (Å²) in [6, 6.07) is 12.8. The number of aromatic nitrogens is 1. The van der Waals surface area contributed by atoms with Crippen molar-refractivity contribution in [2.75, 3.05) is 6.54 Å². The molecule has 0 fully saturated rings. The average molecular weight is 545 g/mol. The van der Waals surface area contributed by atoms with Gasteiger partial charge in [-0.2, -0.15) is 13.2 Å². The molecule has 4 aromatic rings. The molecule has 2 aromatic heterocycles. The molecule has 0 spiro atoms. The number of carbonyl (C=O) groups excluding carboxylic acids is 1. The Kier molecular flexibility index (Phi) is 6.88. The lowest BCUT2D eigenvalue weighted by atomic mass is 9.78. The van der Waals surface area contributed by atoms with Gasteiger partial charge in [0.05, 0.1) is 23.2 Å². The highest BCUT2D eigenvalue weighted by Gasteiger charge is 2.31. The van der Waals surface area contributed by atoms with Crippen LogP contribution in [-0.4, -0.2) is 22.3 Å². The highest BCUT2D eigenvalue weighted by atomic mass is 35.5. The maximum atomic E-state index is 13.9. The first-order chi connectivity index (χ1) is 17.5. The van der Waals surface area contributed by atoms with Gasteiger partial charge < -0.3 is 9.88 Å². The van der Waals surface area contributed by atoms with Crippen molar-refractivity contribution in [1.82, 2.24) is 9.88 Å². The number of fused-ring (bicyclic) bond motifs is 2. The molecule has 2 aromatic carbocycles. The molecular formula is C29H28ClF3N2OS. The van der Waals surface area contributed by atoms with Crippen molar-refractivity contribution in [3.05, 3.63) is 91.8 Å². The highest BCUT2D eigenvalue weighted by molar-refractivity contribution is 7.12. The van der Waals surface area contributed by atoms with E-state index < -0.39 is 11.7 Å². The normalized spacial score (nSPS) is 15.1. The molecule has 0 unspecified atom stereocenters. The number of halogens is 4. The Balaban J connectivity index is 1.45. The molecule has 2 heterocycles. The molecule has 0 bridgehead atoms. The van der Waals surface area contributed by atoms with Gasteiger partial charge in [-0.1, -0.05) is 43.6 Å². The number of carbonyl (C=O) groups is 1. The number of benzene rings is 2. The van der Waals surface area contributed by atoms with Crippen molar-refractivity contribution in [3.63, 3.8) is 0 Å². The van der Waals surface area contributed by atoms with Crippen molar-refractivity contribution >= 4 is 39.7 Å². The Morgan fingerprint density at radius 3 is 2.76 bits per heavy atom. The molecule has 8 heteroatoms. The van der Waals surface area contributed by atoms with E-state index in [1.807, 2.05) is 6.07 Å². The molecule has 194 valence electrons. The predicted octanol–water partition coefficient (Wildman–Crippen LogP) is 8.30. The van der Waals surface area contributed by atoms with Crippen molar-refractivity contribution in [2.45, 2.75) is 52.3 Å². The lowest BCUT2D eigenvalue weighted by molar-refractivity contribution is -0.137. The summed E-state index contributed by atoms with van der Waals surface area (Å²) in [5.74, 6) is -0.200. The Morgan fingerprint density at radius 1 is 1.16 bits per heavy atom. The van der Waals surface area contributed by atoms with E-state index in [4.69, 9.17) is 11.6 Å². The zero-order chi connectivity index (χ0) is 26.4. The van der Waals surface area contributed by atoms with Crippen LogP contribution < -0.4 is 0 Å². The van der Waals surface area contributed by atoms with Gasteiger partial charge in [-0.05, 0) is 72.6 Å². The molecule has 0 atom stereocenters. The van der Waals surface area contributed by atoms with Crippen molar-refractivity contribution in [1.29, 1.82) is 0 Å². The fourth-order valence-corrected chi connectivity index (χ4v) is 6.77. The maximum absolute atomic E-state index is 13.9. The third kappa shape index (κ3) is 5.73. The molecular weight excluding hydrogens is 517 g/mol. The maximum Gasteiger partial charge on any atom is 0.416 e. The van der Waals surface area contributed by atoms with Crippen LogP contribution in [0.25, 0.3) is 10.9 Å². The second kappa shape index (κ2) is 9.84. The topological polar surface area (TPSA) is 36.1 Å². The van der Waals surface area contributed by atoms with E-state index in [0.29, 0.717) is 34.6 Å². The molecule has 37 heavy (non-hydrogen) atoms. The van der Waals surface area contributed by atoms with Crippen molar-refractivity contribution in [2.24, 2.45) is 5.41 Å². The number of amides is 1. The summed E-state index contributed by atoms with van der Waals surface area (Å²) < 4.78 is 39.7. The molecule has 3 nitrogen and oxygen atoms in total. The summed E-state index contributed by atoms with van der Waals surface area (Å²) in [5.41, 5.74) is 2.62. The minimum Gasteiger partial charge on any atom is -0.361 e. The number of hydrogen-bond donors (Lipinski definition) is 1. The Hall–Kier alpha value is -2.77. The SMILES string of the molecule is CC1(C)CCc2cc(CN(CCc3cccc(C(F)(F)F)c3)C(=O)c3cc(Cl)cc4cc[nH]c34)sc2C1. The first kappa shape index (κ1) is 25.9. The summed E-state index contributed by atoms with van der Waals surface area (Å²) in [4.78, 5) is 21.2. The number of aryl methyl sites for hydroxylation is 1. The smallest absolute Gasteiger partial charge is 0.361 e. The fourth-order valence-electron chi connectivity index (χ4n) is 5.05. The third-order valence-electron chi connectivity index (χ3n) is 7.07. The van der Waals surface area contributed by atoms with Crippen LogP contribution in [-0.2, 0) is 32.0 Å². The summed E-state index contributed by atoms with van der Waals surface area (Å²) in [5, 5.41) is 1.30. The zero-order valence-corrected chi connectivity index (χ0v) is 22.3. The van der Waals surface area contributed by atoms with Crippen LogP contribution in [0.15, 0.2) is 54.7 Å². The summed E-state index contributed by atoms with van der Waals surface area (Å²) in [6.45, 7) is 5.23. The number of hydrogen-bond acceptors (Lipinski definition) is 2. The first-order valence-corrected chi connectivity index (χ1v) is 13.5. The monoisotopic (exact) mass is 544 g/mol. The van der Waals surface area contributed by atoms with E-state index in [1.54, 1.807) is 40.6 Å². The van der Waals surface area contributed by atoms with Crippen LogP contribution in [0, 0.1) is 5.41 Å². The third-order valence-corrected chi connectivity index (χ3v) is 8.45. The second-order valence-corrected chi connectivity index (χ2v) is 12.2. The molecule has 0 radical (unpaired) electrons. The second-order valence-electron chi connectivity index (χ2n) is 10.6. The van der Waals surface area contributed by atoms with Gasteiger partial charge in [-0.3, -0.25) is 4.79 Å². The van der Waals surface area contributed by atoms with Gasteiger partial charge in [-0.25, -0.2) is 0 Å². The van der Waals surface area contributed by atoms with Gasteiger partial charge in [-0.15, -0.1) is 11.3 Å². The first-order valence-electron chi connectivity index (χ1n) is 12.3. The standard InChI is InChI=1S/C29H28ClF3N2OS/c1-28(2)9-6-19-14-23(37-25(19)16-28)17-35(11-8-18-4-3-5-21(12-18)29(31,32)33)27(36)24-15-22(30)13-20-7-10-34-26(20)24/h3-5,7,10,12-15,34H,6,8-9,11,16-17H2,1-2H3. The van der Waals surface area contributed by atoms with Gasteiger partial charge in [0, 0.05) is 32.9 Å². The number of nitrogens with zero attached hydrogens (tertiary/aromatic N) is 1. The van der Waals surface area contributed by atoms with Crippen molar-refractivity contribution < 1.29 is 18.0 Å². The molecule has 5 rings (SSSR count). The number of alkyl halides is 3. The van der Waals surface area contributed by atoms with Crippen LogP contribution >= 0.6 is 22.9 Å². The number of aromatic amines is 1. The van der Waals surface area contributed by atoms with Crippen LogP contribution in [0.2, 0.25) is 5.02 Å². The lowest BCUT2D eigenvalue weighted by Crippen LogP contribution is -2.32. The minimum atomic E-state index is -4.41. The largest absolute Gasteiger partial charge is 0.416 e. The average Bonchev–Trinajstić information content (AvgIpc) is 3.45. The number of H-pyrrole nitrogens is 1. The number of rotatable bonds is 6. The van der Waals surface area contributed by atoms with E-state index in [-0.39, 0.29) is 17.9 Å². The van der Waals surface area contributed by atoms with Crippen LogP contribution in [0.4, 0.5) is 13.2 Å². The molecule has 0 saturated heterocycles. The lowest BCUT2D eigenvalue weighted by Gasteiger charge is -2.28. The van der Waals surface area contributed by atoms with Gasteiger partial charge in [0.15, 0.2) is 0 Å². The molecule has 0 aliphatic heterocycles. The number of thiophene rings is 1. The molecule has 1 amide bonds. The van der Waals surface area contributed by atoms with Crippen molar-refractivity contribution in [3.8, 4) is 0 Å². The summed E-state index contributed by atoms with van der Waals surface area (Å²) in [7, 11) is 0. The molecule has 0 saturated carbocycles. The Bertz CT molecular complexity index is 1450. The minimum absolute atomic E-state index is 0.200. The molecule has 1 aliphatic carbocycles. The van der Waals surface area contributed by atoms with E-state index >= 15 is 0 Å². The predicted molar refractivity (Wildman–Crippen MR) is 143 cm³/mol. The van der Waals surface area contributed by atoms with Crippen LogP contribution in [0.5, 0.6) is 0 Å². The van der Waals surface area contributed by atoms with Crippen LogP contribution in [0.1, 0.15) is 57.1 Å². The Labute approximate surface area is 223 Å². The van der Waals surface area contributed by atoms with E-state index in [1.165, 1.54) is 16.5 Å². The summed E-state index contributed by atoms with van der Waals surface area (Å²) in [6.07, 6.45) is 0.829. The summed E-state index contributed by atoms with van der Waals surface area (Å²) >= 11 is 8.07.